The summed E-state index contributed by atoms with van der Waals surface area (Å²) >= 11 is 0. The van der Waals surface area contributed by atoms with E-state index in [1.807, 2.05) is 20.8 Å². The van der Waals surface area contributed by atoms with Gasteiger partial charge in [-0.3, -0.25) is 9.52 Å². The molecule has 1 heterocycles. The number of carbonyl (C=O) groups excluding carboxylic acids is 1. The lowest BCUT2D eigenvalue weighted by atomic mass is 10.0. The predicted molar refractivity (Wildman–Crippen MR) is 122 cm³/mol. The van der Waals surface area contributed by atoms with E-state index < -0.39 is 22.3 Å². The van der Waals surface area contributed by atoms with Crippen LogP contribution < -0.4 is 14.5 Å². The molecule has 0 saturated carbocycles. The van der Waals surface area contributed by atoms with Crippen LogP contribution in [0.5, 0.6) is 0 Å². The third-order valence-corrected chi connectivity index (χ3v) is 5.63. The van der Waals surface area contributed by atoms with Crippen molar-refractivity contribution >= 4 is 33.0 Å². The number of anilines is 3. The Morgan fingerprint density at radius 2 is 1.81 bits per heavy atom. The van der Waals surface area contributed by atoms with Gasteiger partial charge in [-0.1, -0.05) is 12.1 Å². The fraction of sp³-hybridized carbons (Fsp3) is 0.409. The predicted octanol–water partition coefficient (Wildman–Crippen LogP) is 3.13. The van der Waals surface area contributed by atoms with Crippen molar-refractivity contribution in [1.82, 2.24) is 0 Å². The van der Waals surface area contributed by atoms with E-state index in [1.54, 1.807) is 34.1 Å². The van der Waals surface area contributed by atoms with Crippen molar-refractivity contribution in [3.8, 4) is 11.1 Å². The highest BCUT2D eigenvalue weighted by molar-refractivity contribution is 7.92. The van der Waals surface area contributed by atoms with Gasteiger partial charge in [-0.25, -0.2) is 12.8 Å². The van der Waals surface area contributed by atoms with Crippen LogP contribution in [0.15, 0.2) is 36.4 Å². The summed E-state index contributed by atoms with van der Waals surface area (Å²) in [5.74, 6) is -0.850. The van der Waals surface area contributed by atoms with Gasteiger partial charge in [-0.05, 0) is 56.2 Å². The second kappa shape index (κ2) is 9.05. The van der Waals surface area contributed by atoms with E-state index in [2.05, 4.69) is 4.72 Å². The van der Waals surface area contributed by atoms with E-state index >= 15 is 0 Å². The quantitative estimate of drug-likeness (QED) is 0.636. The smallest absolute Gasteiger partial charge is 0.238 e. The van der Waals surface area contributed by atoms with Gasteiger partial charge in [0.05, 0.1) is 35.5 Å². The first-order valence-electron chi connectivity index (χ1n) is 10.2. The van der Waals surface area contributed by atoms with Gasteiger partial charge in [0.1, 0.15) is 5.82 Å². The monoisotopic (exact) mass is 465 g/mol. The van der Waals surface area contributed by atoms with Crippen LogP contribution in [0.3, 0.4) is 0 Å². The molecule has 0 aromatic heterocycles. The number of sulfonamides is 1. The maximum atomic E-state index is 14.5. The summed E-state index contributed by atoms with van der Waals surface area (Å²) in [4.78, 5) is 15.6. The lowest BCUT2D eigenvalue weighted by Crippen LogP contribution is -2.53. The number of aliphatic hydroxyl groups excluding tert-OH is 1. The highest BCUT2D eigenvalue weighted by Gasteiger charge is 2.34. The first-order valence-corrected chi connectivity index (χ1v) is 12.1. The molecule has 1 aliphatic heterocycles. The van der Waals surface area contributed by atoms with Gasteiger partial charge in [0.2, 0.25) is 22.3 Å². The molecular formula is C22H28FN3O5S. The van der Waals surface area contributed by atoms with Crippen molar-refractivity contribution in [2.75, 3.05) is 27.3 Å². The number of carbonyl (C=O) groups is 1. The highest BCUT2D eigenvalue weighted by atomic mass is 32.2. The van der Waals surface area contributed by atoms with Crippen LogP contribution in [-0.2, 0) is 19.6 Å². The molecule has 0 fully saturated rings. The van der Waals surface area contributed by atoms with Crippen molar-refractivity contribution in [3.05, 3.63) is 42.2 Å². The zero-order chi connectivity index (χ0) is 23.8. The average Bonchev–Trinajstić information content (AvgIpc) is 2.66. The second-order valence-corrected chi connectivity index (χ2v) is 9.92. The Balaban J connectivity index is 2.06. The van der Waals surface area contributed by atoms with E-state index in [1.165, 1.54) is 19.1 Å². The normalized spacial score (nSPS) is 17.3. The number of amides is 1. The van der Waals surface area contributed by atoms with Gasteiger partial charge in [-0.15, -0.1) is 0 Å². The van der Waals surface area contributed by atoms with E-state index in [0.717, 1.165) is 6.26 Å². The molecule has 1 unspecified atom stereocenters. The van der Waals surface area contributed by atoms with E-state index in [4.69, 9.17) is 4.74 Å². The van der Waals surface area contributed by atoms with Crippen molar-refractivity contribution in [1.29, 1.82) is 0 Å². The minimum Gasteiger partial charge on any atom is -0.351 e. The molecule has 2 atom stereocenters. The molecule has 0 radical (unpaired) electrons. The fourth-order valence-corrected chi connectivity index (χ4v) is 4.39. The molecule has 0 aliphatic carbocycles. The third-order valence-electron chi connectivity index (χ3n) is 5.04. The first kappa shape index (κ1) is 24.0. The minimum atomic E-state index is -3.61. The average molecular weight is 466 g/mol. The van der Waals surface area contributed by atoms with Crippen LogP contribution >= 0.6 is 0 Å². The van der Waals surface area contributed by atoms with Crippen LogP contribution in [0.4, 0.5) is 21.5 Å². The molecule has 1 aliphatic rings. The Kier molecular flexibility index (Phi) is 6.77. The maximum absolute atomic E-state index is 14.5. The number of nitrogens with zero attached hydrogens (tertiary/aromatic N) is 2. The largest absolute Gasteiger partial charge is 0.351 e. The van der Waals surface area contributed by atoms with E-state index in [0.29, 0.717) is 29.0 Å². The summed E-state index contributed by atoms with van der Waals surface area (Å²) in [6, 6.07) is 9.23. The standard InChI is InChI=1S/C22H28FN3O5S/c1-13(2)31-22(28)25-12-14(3)26(15(4)27)20-9-7-17(11-21(20)25)16-6-8-19(18(23)10-16)24-32(5,29)30/h6-11,13-14,22,24,28H,12H2,1-5H3/t14-,22?/m0/s1. The summed E-state index contributed by atoms with van der Waals surface area (Å²) in [5.41, 5.74) is 2.18. The molecule has 174 valence electrons. The number of hydrogen-bond donors (Lipinski definition) is 2. The Bertz CT molecular complexity index is 1120. The molecule has 0 bridgehead atoms. The van der Waals surface area contributed by atoms with Gasteiger partial charge in [0, 0.05) is 13.5 Å². The summed E-state index contributed by atoms with van der Waals surface area (Å²) in [6.07, 6.45) is -0.495. The second-order valence-electron chi connectivity index (χ2n) is 8.17. The van der Waals surface area contributed by atoms with Crippen molar-refractivity contribution in [2.45, 2.75) is 46.3 Å². The number of aliphatic hydroxyl groups is 1. The van der Waals surface area contributed by atoms with Gasteiger partial charge in [0.25, 0.3) is 0 Å². The van der Waals surface area contributed by atoms with Crippen LogP contribution in [0, 0.1) is 5.82 Å². The Hall–Kier alpha value is -2.69. The van der Waals surface area contributed by atoms with Gasteiger partial charge >= 0.3 is 0 Å². The fourth-order valence-electron chi connectivity index (χ4n) is 3.82. The van der Waals surface area contributed by atoms with Crippen molar-refractivity contribution in [2.24, 2.45) is 0 Å². The Labute approximate surface area is 187 Å². The van der Waals surface area contributed by atoms with Gasteiger partial charge in [0.15, 0.2) is 0 Å². The molecule has 0 saturated heterocycles. The van der Waals surface area contributed by atoms with Crippen LogP contribution in [0.1, 0.15) is 27.7 Å². The molecule has 0 spiro atoms. The highest BCUT2D eigenvalue weighted by Crippen LogP contribution is 2.40. The SMILES string of the molecule is CC(=O)N1c2ccc(-c3ccc(NS(C)(=O)=O)c(F)c3)cc2N(C(O)OC(C)C)C[C@@H]1C. The number of fused-ring (bicyclic) bond motifs is 1. The van der Waals surface area contributed by atoms with Crippen molar-refractivity contribution in [3.63, 3.8) is 0 Å². The summed E-state index contributed by atoms with van der Waals surface area (Å²) < 4.78 is 45.0. The molecular weight excluding hydrogens is 437 g/mol. The Morgan fingerprint density at radius 1 is 1.19 bits per heavy atom. The van der Waals surface area contributed by atoms with Gasteiger partial charge in [-0.2, -0.15) is 0 Å². The van der Waals surface area contributed by atoms with E-state index in [-0.39, 0.29) is 23.7 Å². The molecule has 32 heavy (non-hydrogen) atoms. The molecule has 2 aromatic rings. The number of nitrogens with one attached hydrogen (secondary N) is 1. The molecule has 2 N–H and O–H groups in total. The summed E-state index contributed by atoms with van der Waals surface area (Å²) in [5, 5.41) is 10.7. The maximum Gasteiger partial charge on any atom is 0.238 e. The topological polar surface area (TPSA) is 99.2 Å². The van der Waals surface area contributed by atoms with E-state index in [9.17, 15) is 22.7 Å². The molecule has 2 aromatic carbocycles. The lowest BCUT2D eigenvalue weighted by molar-refractivity contribution is -0.127. The number of hydrogen-bond acceptors (Lipinski definition) is 6. The minimum absolute atomic E-state index is 0.132. The number of ether oxygens (including phenoxy) is 1. The van der Waals surface area contributed by atoms with Crippen LogP contribution in [0.25, 0.3) is 11.1 Å². The van der Waals surface area contributed by atoms with Crippen LogP contribution in [0.2, 0.25) is 0 Å². The first-order chi connectivity index (χ1) is 14.9. The number of rotatable bonds is 6. The number of benzene rings is 2. The molecule has 3 rings (SSSR count). The lowest BCUT2D eigenvalue weighted by Gasteiger charge is -2.43. The molecule has 1 amide bonds. The zero-order valence-corrected chi connectivity index (χ0v) is 19.5. The summed E-state index contributed by atoms with van der Waals surface area (Å²) in [7, 11) is -3.61. The Morgan fingerprint density at radius 3 is 2.38 bits per heavy atom. The van der Waals surface area contributed by atoms with Crippen LogP contribution in [-0.4, -0.2) is 50.8 Å². The molecule has 8 nitrogen and oxygen atoms in total. The molecule has 10 heteroatoms. The zero-order valence-electron chi connectivity index (χ0n) is 18.7. The van der Waals surface area contributed by atoms with Crippen molar-refractivity contribution < 1.29 is 27.4 Å². The van der Waals surface area contributed by atoms with Gasteiger partial charge < -0.3 is 19.6 Å². The summed E-state index contributed by atoms with van der Waals surface area (Å²) in [6.45, 7) is 7.33. The third kappa shape index (κ3) is 5.20. The number of halogens is 1.